The van der Waals surface area contributed by atoms with Crippen LogP contribution in [0, 0.1) is 5.92 Å². The van der Waals surface area contributed by atoms with Crippen LogP contribution in [0.15, 0.2) is 27.8 Å². The average molecular weight is 326 g/mol. The first kappa shape index (κ1) is 14.2. The van der Waals surface area contributed by atoms with Crippen molar-refractivity contribution in [1.82, 2.24) is 0 Å². The fourth-order valence-electron chi connectivity index (χ4n) is 2.74. The number of oxime groups is 1. The van der Waals surface area contributed by atoms with Crippen LogP contribution in [0.5, 0.6) is 0 Å². The van der Waals surface area contributed by atoms with Gasteiger partial charge in [0.05, 0.1) is 0 Å². The number of halogens is 1. The van der Waals surface area contributed by atoms with Gasteiger partial charge in [-0.15, -0.1) is 0 Å². The molecule has 0 saturated carbocycles. The van der Waals surface area contributed by atoms with Gasteiger partial charge in [-0.1, -0.05) is 34.4 Å². The monoisotopic (exact) mass is 325 g/mol. The van der Waals surface area contributed by atoms with Crippen LogP contribution in [-0.2, 0) is 0 Å². The second kappa shape index (κ2) is 6.28. The van der Waals surface area contributed by atoms with E-state index in [0.717, 1.165) is 34.7 Å². The van der Waals surface area contributed by atoms with Gasteiger partial charge in [0.1, 0.15) is 0 Å². The predicted octanol–water partition coefficient (Wildman–Crippen LogP) is 3.17. The molecule has 0 radical (unpaired) electrons. The van der Waals surface area contributed by atoms with E-state index in [1.54, 1.807) is 0 Å². The molecule has 0 aliphatic carbocycles. The summed E-state index contributed by atoms with van der Waals surface area (Å²) in [5, 5.41) is 12.0. The lowest BCUT2D eigenvalue weighted by Crippen LogP contribution is -2.24. The third kappa shape index (κ3) is 3.21. The van der Waals surface area contributed by atoms with Gasteiger partial charge in [-0.2, -0.15) is 0 Å². The molecule has 19 heavy (non-hydrogen) atoms. The molecule has 0 aromatic heterocycles. The van der Waals surface area contributed by atoms with Gasteiger partial charge in [-0.25, -0.2) is 0 Å². The molecular formula is C14H20BrN3O. The molecule has 1 fully saturated rings. The first-order valence-corrected chi connectivity index (χ1v) is 7.47. The molecule has 0 bridgehead atoms. The van der Waals surface area contributed by atoms with E-state index in [2.05, 4.69) is 32.9 Å². The molecule has 1 aromatic carbocycles. The third-order valence-corrected chi connectivity index (χ3v) is 4.16. The van der Waals surface area contributed by atoms with Gasteiger partial charge in [-0.05, 0) is 37.0 Å². The van der Waals surface area contributed by atoms with Crippen molar-refractivity contribution >= 4 is 27.5 Å². The summed E-state index contributed by atoms with van der Waals surface area (Å²) < 4.78 is 0.933. The summed E-state index contributed by atoms with van der Waals surface area (Å²) in [6, 6.07) is 5.93. The van der Waals surface area contributed by atoms with Gasteiger partial charge in [-0.3, -0.25) is 0 Å². The van der Waals surface area contributed by atoms with Gasteiger partial charge in [0, 0.05) is 28.8 Å². The highest BCUT2D eigenvalue weighted by Crippen LogP contribution is 2.30. The lowest BCUT2D eigenvalue weighted by molar-refractivity contribution is 0.318. The molecule has 1 unspecified atom stereocenters. The number of benzene rings is 1. The molecule has 2 rings (SSSR count). The summed E-state index contributed by atoms with van der Waals surface area (Å²) in [5.41, 5.74) is 7.62. The number of anilines is 1. The largest absolute Gasteiger partial charge is 0.409 e. The highest BCUT2D eigenvalue weighted by atomic mass is 79.9. The van der Waals surface area contributed by atoms with Crippen molar-refractivity contribution in [2.75, 3.05) is 18.0 Å². The molecule has 1 aliphatic heterocycles. The summed E-state index contributed by atoms with van der Waals surface area (Å²) in [5.74, 6) is 0.920. The molecule has 4 nitrogen and oxygen atoms in total. The number of rotatable bonds is 4. The second-order valence-corrected chi connectivity index (χ2v) is 5.95. The number of nitrogens with zero attached hydrogens (tertiary/aromatic N) is 2. The van der Waals surface area contributed by atoms with Crippen molar-refractivity contribution in [2.24, 2.45) is 16.8 Å². The minimum absolute atomic E-state index is 0.162. The van der Waals surface area contributed by atoms with Crippen LogP contribution < -0.4 is 10.6 Å². The summed E-state index contributed by atoms with van der Waals surface area (Å²) in [6.07, 6.45) is 3.72. The Hall–Kier alpha value is -1.23. The number of hydrogen-bond acceptors (Lipinski definition) is 3. The van der Waals surface area contributed by atoms with Crippen molar-refractivity contribution < 1.29 is 5.21 Å². The zero-order valence-corrected chi connectivity index (χ0v) is 12.7. The van der Waals surface area contributed by atoms with Crippen molar-refractivity contribution in [3.8, 4) is 0 Å². The van der Waals surface area contributed by atoms with E-state index in [1.807, 2.05) is 18.2 Å². The molecule has 1 aromatic rings. The van der Waals surface area contributed by atoms with E-state index in [9.17, 15) is 0 Å². The summed E-state index contributed by atoms with van der Waals surface area (Å²) in [6.45, 7) is 4.32. The van der Waals surface area contributed by atoms with E-state index in [-0.39, 0.29) is 5.84 Å². The SMILES string of the molecule is CCCC1CCN(c2ccc(Br)cc2/C(N)=N/O)C1. The Morgan fingerprint density at radius 1 is 1.58 bits per heavy atom. The average Bonchev–Trinajstić information content (AvgIpc) is 2.86. The summed E-state index contributed by atoms with van der Waals surface area (Å²) in [4.78, 5) is 2.33. The molecule has 5 heteroatoms. The maximum Gasteiger partial charge on any atom is 0.172 e. The topological polar surface area (TPSA) is 61.8 Å². The molecular weight excluding hydrogens is 306 g/mol. The van der Waals surface area contributed by atoms with Gasteiger partial charge < -0.3 is 15.8 Å². The zero-order valence-electron chi connectivity index (χ0n) is 11.1. The molecule has 1 aliphatic rings. The normalized spacial score (nSPS) is 20.0. The minimum Gasteiger partial charge on any atom is -0.409 e. The van der Waals surface area contributed by atoms with Gasteiger partial charge in [0.15, 0.2) is 5.84 Å². The van der Waals surface area contributed by atoms with Crippen molar-refractivity contribution in [1.29, 1.82) is 0 Å². The van der Waals surface area contributed by atoms with Crippen molar-refractivity contribution in [2.45, 2.75) is 26.2 Å². The van der Waals surface area contributed by atoms with Crippen LogP contribution in [-0.4, -0.2) is 24.1 Å². The molecule has 0 spiro atoms. The van der Waals surface area contributed by atoms with E-state index >= 15 is 0 Å². The highest BCUT2D eigenvalue weighted by molar-refractivity contribution is 9.10. The molecule has 1 heterocycles. The summed E-state index contributed by atoms with van der Waals surface area (Å²) >= 11 is 3.43. The first-order valence-electron chi connectivity index (χ1n) is 6.68. The Morgan fingerprint density at radius 2 is 2.37 bits per heavy atom. The Bertz CT molecular complexity index is 476. The summed E-state index contributed by atoms with van der Waals surface area (Å²) in [7, 11) is 0. The van der Waals surface area contributed by atoms with Gasteiger partial charge >= 0.3 is 0 Å². The first-order chi connectivity index (χ1) is 9.15. The van der Waals surface area contributed by atoms with E-state index < -0.39 is 0 Å². The number of amidine groups is 1. The van der Waals surface area contributed by atoms with Gasteiger partial charge in [0.25, 0.3) is 0 Å². The number of nitrogens with two attached hydrogens (primary N) is 1. The van der Waals surface area contributed by atoms with E-state index in [0.29, 0.717) is 0 Å². The van der Waals surface area contributed by atoms with Crippen LogP contribution >= 0.6 is 15.9 Å². The van der Waals surface area contributed by atoms with Crippen LogP contribution in [0.2, 0.25) is 0 Å². The van der Waals surface area contributed by atoms with Crippen LogP contribution in [0.4, 0.5) is 5.69 Å². The molecule has 104 valence electrons. The minimum atomic E-state index is 0.162. The molecule has 0 amide bonds. The van der Waals surface area contributed by atoms with Crippen LogP contribution in [0.1, 0.15) is 31.7 Å². The van der Waals surface area contributed by atoms with Gasteiger partial charge in [0.2, 0.25) is 0 Å². The molecule has 3 N–H and O–H groups in total. The smallest absolute Gasteiger partial charge is 0.172 e. The maximum atomic E-state index is 8.91. The fourth-order valence-corrected chi connectivity index (χ4v) is 3.10. The van der Waals surface area contributed by atoms with Crippen molar-refractivity contribution in [3.05, 3.63) is 28.2 Å². The van der Waals surface area contributed by atoms with Crippen molar-refractivity contribution in [3.63, 3.8) is 0 Å². The predicted molar refractivity (Wildman–Crippen MR) is 81.9 cm³/mol. The lowest BCUT2D eigenvalue weighted by atomic mass is 10.0. The Balaban J connectivity index is 2.25. The number of hydrogen-bond donors (Lipinski definition) is 2. The zero-order chi connectivity index (χ0) is 13.8. The second-order valence-electron chi connectivity index (χ2n) is 5.04. The highest BCUT2D eigenvalue weighted by Gasteiger charge is 2.24. The maximum absolute atomic E-state index is 8.91. The molecule has 1 saturated heterocycles. The third-order valence-electron chi connectivity index (χ3n) is 3.67. The fraction of sp³-hybridized carbons (Fsp3) is 0.500. The Kier molecular flexibility index (Phi) is 4.69. The Labute approximate surface area is 122 Å². The van der Waals surface area contributed by atoms with Crippen LogP contribution in [0.25, 0.3) is 0 Å². The van der Waals surface area contributed by atoms with E-state index in [4.69, 9.17) is 10.9 Å². The standard InChI is InChI=1S/C14H20BrN3O/c1-2-3-10-6-7-18(9-10)13-5-4-11(15)8-12(13)14(16)17-19/h4-5,8,10,19H,2-3,6-7,9H2,1H3,(H2,16,17). The Morgan fingerprint density at radius 3 is 3.05 bits per heavy atom. The van der Waals surface area contributed by atoms with E-state index in [1.165, 1.54) is 19.3 Å². The molecule has 1 atom stereocenters. The van der Waals surface area contributed by atoms with Crippen LogP contribution in [0.3, 0.4) is 0 Å². The lowest BCUT2D eigenvalue weighted by Gasteiger charge is -2.22. The quantitative estimate of drug-likeness (QED) is 0.387.